The molecule has 9 nitrogen and oxygen atoms in total. The predicted octanol–water partition coefficient (Wildman–Crippen LogP) is 4.20. The van der Waals surface area contributed by atoms with Crippen LogP contribution in [0.3, 0.4) is 0 Å². The summed E-state index contributed by atoms with van der Waals surface area (Å²) in [6.07, 6.45) is 1.49. The fourth-order valence-corrected chi connectivity index (χ4v) is 3.68. The van der Waals surface area contributed by atoms with Crippen LogP contribution >= 0.6 is 11.8 Å². The molecular formula is C22H16N4O5S. The molecule has 1 N–H and O–H groups in total. The van der Waals surface area contributed by atoms with E-state index in [2.05, 4.69) is 15.5 Å². The molecule has 0 aliphatic heterocycles. The number of nitrogens with zero attached hydrogens (tertiary/aromatic N) is 3. The van der Waals surface area contributed by atoms with Gasteiger partial charge in [-0.15, -0.1) is 11.8 Å². The van der Waals surface area contributed by atoms with E-state index >= 15 is 0 Å². The van der Waals surface area contributed by atoms with Gasteiger partial charge in [0.1, 0.15) is 5.69 Å². The van der Waals surface area contributed by atoms with E-state index in [0.717, 1.165) is 4.90 Å². The summed E-state index contributed by atoms with van der Waals surface area (Å²) in [7, 11) is 0. The highest BCUT2D eigenvalue weighted by Crippen LogP contribution is 2.28. The SMILES string of the molecule is Cc1noc2nc(-c3ccco3)cc(C(=O)OCC(=O)Nc3ccccc3SCC#N)c12. The molecule has 0 spiro atoms. The predicted molar refractivity (Wildman–Crippen MR) is 116 cm³/mol. The fraction of sp³-hybridized carbons (Fsp3) is 0.136. The Morgan fingerprint density at radius 2 is 2.09 bits per heavy atom. The summed E-state index contributed by atoms with van der Waals surface area (Å²) in [4.78, 5) is 30.3. The number of thioether (sulfide) groups is 1. The highest BCUT2D eigenvalue weighted by atomic mass is 32.2. The average Bonchev–Trinajstić information content (AvgIpc) is 3.47. The van der Waals surface area contributed by atoms with Crippen LogP contribution in [-0.2, 0) is 9.53 Å². The lowest BCUT2D eigenvalue weighted by Gasteiger charge is -2.10. The lowest BCUT2D eigenvalue weighted by molar-refractivity contribution is -0.119. The number of pyridine rings is 1. The number of nitriles is 1. The second-order valence-corrected chi connectivity index (χ2v) is 7.56. The van der Waals surface area contributed by atoms with Gasteiger partial charge in [-0.2, -0.15) is 5.26 Å². The minimum absolute atomic E-state index is 0.163. The second kappa shape index (κ2) is 9.36. The van der Waals surface area contributed by atoms with Gasteiger partial charge in [0.2, 0.25) is 0 Å². The minimum atomic E-state index is -0.723. The number of hydrogen-bond donors (Lipinski definition) is 1. The van der Waals surface area contributed by atoms with E-state index < -0.39 is 18.5 Å². The van der Waals surface area contributed by atoms with Crippen LogP contribution in [0.25, 0.3) is 22.6 Å². The van der Waals surface area contributed by atoms with Crippen molar-refractivity contribution in [3.63, 3.8) is 0 Å². The molecule has 0 bridgehead atoms. The van der Waals surface area contributed by atoms with Crippen LogP contribution in [0.2, 0.25) is 0 Å². The number of benzene rings is 1. The number of aromatic nitrogens is 2. The second-order valence-electron chi connectivity index (χ2n) is 6.55. The van der Waals surface area contributed by atoms with Gasteiger partial charge in [-0.25, -0.2) is 9.78 Å². The van der Waals surface area contributed by atoms with Gasteiger partial charge in [0.15, 0.2) is 12.4 Å². The van der Waals surface area contributed by atoms with Crippen molar-refractivity contribution in [2.24, 2.45) is 0 Å². The monoisotopic (exact) mass is 448 g/mol. The van der Waals surface area contributed by atoms with Crippen LogP contribution in [0.1, 0.15) is 16.1 Å². The number of aryl methyl sites for hydroxylation is 1. The van der Waals surface area contributed by atoms with Crippen molar-refractivity contribution in [1.29, 1.82) is 5.26 Å². The van der Waals surface area contributed by atoms with Crippen molar-refractivity contribution in [2.45, 2.75) is 11.8 Å². The number of carbonyl (C=O) groups excluding carboxylic acids is 2. The zero-order valence-electron chi connectivity index (χ0n) is 16.8. The summed E-state index contributed by atoms with van der Waals surface area (Å²) in [5.41, 5.74) is 1.71. The smallest absolute Gasteiger partial charge is 0.339 e. The molecule has 3 aromatic heterocycles. The van der Waals surface area contributed by atoms with E-state index in [0.29, 0.717) is 28.2 Å². The lowest BCUT2D eigenvalue weighted by Crippen LogP contribution is -2.21. The molecule has 10 heteroatoms. The largest absolute Gasteiger partial charge is 0.463 e. The Morgan fingerprint density at radius 3 is 2.88 bits per heavy atom. The van der Waals surface area contributed by atoms with Gasteiger partial charge in [-0.05, 0) is 37.3 Å². The highest BCUT2D eigenvalue weighted by molar-refractivity contribution is 7.99. The number of hydrogen-bond acceptors (Lipinski definition) is 9. The zero-order chi connectivity index (χ0) is 22.5. The Labute approximate surface area is 186 Å². The molecular weight excluding hydrogens is 432 g/mol. The molecule has 0 radical (unpaired) electrons. The first kappa shape index (κ1) is 21.1. The third-order valence-electron chi connectivity index (χ3n) is 4.40. The molecule has 0 aliphatic carbocycles. The van der Waals surface area contributed by atoms with Crippen LogP contribution in [0.15, 0.2) is 62.6 Å². The molecule has 3 heterocycles. The van der Waals surface area contributed by atoms with Gasteiger partial charge in [-0.3, -0.25) is 4.79 Å². The van der Waals surface area contributed by atoms with Gasteiger partial charge in [0, 0.05) is 4.90 Å². The summed E-state index contributed by atoms with van der Waals surface area (Å²) in [5, 5.41) is 15.7. The summed E-state index contributed by atoms with van der Waals surface area (Å²) in [5.74, 6) is -0.546. The average molecular weight is 448 g/mol. The van der Waals surface area contributed by atoms with E-state index in [1.54, 1.807) is 37.3 Å². The fourth-order valence-electron chi connectivity index (χ4n) is 3.01. The molecule has 0 saturated carbocycles. The van der Waals surface area contributed by atoms with Crippen molar-refractivity contribution < 1.29 is 23.3 Å². The first-order valence-electron chi connectivity index (χ1n) is 9.43. The van der Waals surface area contributed by atoms with Crippen molar-refractivity contribution in [3.8, 4) is 17.5 Å². The Kier molecular flexibility index (Phi) is 6.19. The number of nitrogens with one attached hydrogen (secondary N) is 1. The molecule has 0 aliphatic rings. The minimum Gasteiger partial charge on any atom is -0.463 e. The molecule has 160 valence electrons. The van der Waals surface area contributed by atoms with Gasteiger partial charge >= 0.3 is 5.97 Å². The Balaban J connectivity index is 1.51. The molecule has 4 rings (SSSR count). The summed E-state index contributed by atoms with van der Waals surface area (Å²) in [6.45, 7) is 1.18. The Hall–Kier alpha value is -4.10. The molecule has 0 fully saturated rings. The Morgan fingerprint density at radius 1 is 1.25 bits per heavy atom. The number of anilines is 1. The van der Waals surface area contributed by atoms with E-state index in [9.17, 15) is 9.59 Å². The van der Waals surface area contributed by atoms with Gasteiger partial charge in [-0.1, -0.05) is 17.3 Å². The number of esters is 1. The molecule has 1 amide bonds. The quantitative estimate of drug-likeness (QED) is 0.326. The van der Waals surface area contributed by atoms with Gasteiger partial charge in [0.25, 0.3) is 11.6 Å². The summed E-state index contributed by atoms with van der Waals surface area (Å²) >= 11 is 1.30. The highest BCUT2D eigenvalue weighted by Gasteiger charge is 2.22. The Bertz CT molecular complexity index is 1320. The molecule has 0 unspecified atom stereocenters. The number of rotatable bonds is 7. The van der Waals surface area contributed by atoms with E-state index in [1.807, 2.05) is 12.1 Å². The third-order valence-corrected chi connectivity index (χ3v) is 5.34. The summed E-state index contributed by atoms with van der Waals surface area (Å²) < 4.78 is 15.8. The van der Waals surface area contributed by atoms with E-state index in [4.69, 9.17) is 18.9 Å². The molecule has 4 aromatic rings. The maximum atomic E-state index is 12.8. The number of fused-ring (bicyclic) bond motifs is 1. The normalized spacial score (nSPS) is 10.6. The van der Waals surface area contributed by atoms with Crippen LogP contribution < -0.4 is 5.32 Å². The number of furan rings is 1. The first-order chi connectivity index (χ1) is 15.6. The van der Waals surface area contributed by atoms with Crippen LogP contribution in [0.4, 0.5) is 5.69 Å². The molecule has 32 heavy (non-hydrogen) atoms. The maximum Gasteiger partial charge on any atom is 0.339 e. The van der Waals surface area contributed by atoms with Crippen molar-refractivity contribution in [3.05, 3.63) is 60.0 Å². The van der Waals surface area contributed by atoms with Gasteiger partial charge < -0.3 is 19.0 Å². The van der Waals surface area contributed by atoms with E-state index in [1.165, 1.54) is 24.1 Å². The van der Waals surface area contributed by atoms with Crippen LogP contribution in [0.5, 0.6) is 0 Å². The van der Waals surface area contributed by atoms with Crippen LogP contribution in [0, 0.1) is 18.3 Å². The van der Waals surface area contributed by atoms with Gasteiger partial charge in [0.05, 0.1) is 40.4 Å². The molecule has 0 saturated heterocycles. The standard InChI is InChI=1S/C22H16N4O5S/c1-13-20-14(11-16(17-6-4-9-29-17)25-21(20)31-26-13)22(28)30-12-19(27)24-15-5-2-3-7-18(15)32-10-8-23/h2-7,9,11H,10,12H2,1H3,(H,24,27). The van der Waals surface area contributed by atoms with Crippen molar-refractivity contribution >= 4 is 40.4 Å². The van der Waals surface area contributed by atoms with Crippen molar-refractivity contribution in [1.82, 2.24) is 10.1 Å². The first-order valence-corrected chi connectivity index (χ1v) is 10.4. The number of ether oxygens (including phenoxy) is 1. The lowest BCUT2D eigenvalue weighted by atomic mass is 10.1. The maximum absolute atomic E-state index is 12.8. The third kappa shape index (κ3) is 4.48. The molecule has 1 aromatic carbocycles. The zero-order valence-corrected chi connectivity index (χ0v) is 17.6. The number of amides is 1. The van der Waals surface area contributed by atoms with Crippen molar-refractivity contribution in [2.75, 3.05) is 17.7 Å². The van der Waals surface area contributed by atoms with Crippen LogP contribution in [-0.4, -0.2) is 34.4 Å². The van der Waals surface area contributed by atoms with E-state index in [-0.39, 0.29) is 17.0 Å². The summed E-state index contributed by atoms with van der Waals surface area (Å²) in [6, 6.07) is 14.0. The number of carbonyl (C=O) groups is 2. The number of para-hydroxylation sites is 1. The molecule has 0 atom stereocenters. The topological polar surface area (TPSA) is 131 Å².